The summed E-state index contributed by atoms with van der Waals surface area (Å²) in [6.07, 6.45) is 3.39. The van der Waals surface area contributed by atoms with E-state index in [4.69, 9.17) is 0 Å². The molecule has 0 saturated heterocycles. The first-order valence-electron chi connectivity index (χ1n) is 4.92. The maximum absolute atomic E-state index is 11.8. The number of aryl methyl sites for hydroxylation is 1. The molecule has 3 heterocycles. The number of nitrogens with one attached hydrogen (secondary N) is 1. The fourth-order valence-corrected chi connectivity index (χ4v) is 2.81. The van der Waals surface area contributed by atoms with Crippen molar-refractivity contribution in [2.75, 3.05) is 0 Å². The van der Waals surface area contributed by atoms with Crippen LogP contribution < -0.4 is 5.56 Å². The van der Waals surface area contributed by atoms with Crippen LogP contribution >= 0.6 is 11.8 Å². The van der Waals surface area contributed by atoms with Crippen LogP contribution in [0.3, 0.4) is 0 Å². The highest BCUT2D eigenvalue weighted by atomic mass is 32.2. The number of aromatic nitrogens is 4. The van der Waals surface area contributed by atoms with Crippen LogP contribution in [0, 0.1) is 0 Å². The molecule has 0 aromatic carbocycles. The first-order chi connectivity index (χ1) is 7.75. The predicted octanol–water partition coefficient (Wildman–Crippen LogP) is 0.917. The van der Waals surface area contributed by atoms with E-state index in [1.165, 1.54) is 0 Å². The largest absolute Gasteiger partial charge is 0.331 e. The molecule has 6 heteroatoms. The Balaban J connectivity index is 2.21. The van der Waals surface area contributed by atoms with Gasteiger partial charge in [-0.3, -0.25) is 4.79 Å². The summed E-state index contributed by atoms with van der Waals surface area (Å²) < 4.78 is 1.84. The van der Waals surface area contributed by atoms with Gasteiger partial charge in [0.05, 0.1) is 18.2 Å². The first kappa shape index (κ1) is 9.65. The Kier molecular flexibility index (Phi) is 2.10. The molecule has 0 saturated carbocycles. The van der Waals surface area contributed by atoms with Gasteiger partial charge in [-0.2, -0.15) is 11.8 Å². The van der Waals surface area contributed by atoms with Crippen LogP contribution in [0.1, 0.15) is 11.3 Å². The summed E-state index contributed by atoms with van der Waals surface area (Å²) in [5, 5.41) is 0. The van der Waals surface area contributed by atoms with Gasteiger partial charge in [0, 0.05) is 24.1 Å². The number of rotatable bonds is 1. The SMILES string of the molecule is Cn1cncc1-c1nc2c(c(=O)[nH]1)CSC2. The average Bonchev–Trinajstić information content (AvgIpc) is 2.85. The normalized spacial score (nSPS) is 14.1. The topological polar surface area (TPSA) is 63.6 Å². The fourth-order valence-electron chi connectivity index (χ4n) is 1.77. The van der Waals surface area contributed by atoms with E-state index >= 15 is 0 Å². The minimum atomic E-state index is -0.0220. The minimum absolute atomic E-state index is 0.0220. The molecule has 0 atom stereocenters. The van der Waals surface area contributed by atoms with Crippen molar-refractivity contribution in [3.8, 4) is 11.5 Å². The monoisotopic (exact) mass is 234 g/mol. The van der Waals surface area contributed by atoms with Crippen molar-refractivity contribution in [1.29, 1.82) is 0 Å². The molecule has 3 rings (SSSR count). The summed E-state index contributed by atoms with van der Waals surface area (Å²) in [5.74, 6) is 2.19. The van der Waals surface area contributed by atoms with Crippen molar-refractivity contribution >= 4 is 11.8 Å². The third kappa shape index (κ3) is 1.37. The summed E-state index contributed by atoms with van der Waals surface area (Å²) >= 11 is 1.72. The van der Waals surface area contributed by atoms with Crippen LogP contribution in [0.15, 0.2) is 17.3 Å². The summed E-state index contributed by atoms with van der Waals surface area (Å²) in [4.78, 5) is 23.1. The lowest BCUT2D eigenvalue weighted by atomic mass is 10.2. The second-order valence-electron chi connectivity index (χ2n) is 3.72. The zero-order chi connectivity index (χ0) is 11.1. The third-order valence-electron chi connectivity index (χ3n) is 2.65. The molecule has 2 aromatic heterocycles. The maximum Gasteiger partial charge on any atom is 0.255 e. The fraction of sp³-hybridized carbons (Fsp3) is 0.300. The van der Waals surface area contributed by atoms with Crippen molar-refractivity contribution in [2.45, 2.75) is 11.5 Å². The standard InChI is InChI=1S/C10H10N4OS/c1-14-5-11-2-8(14)9-12-7-4-16-3-6(7)10(15)13-9/h2,5H,3-4H2,1H3,(H,12,13,15). The van der Waals surface area contributed by atoms with Crippen molar-refractivity contribution in [2.24, 2.45) is 7.05 Å². The van der Waals surface area contributed by atoms with E-state index in [0.29, 0.717) is 5.82 Å². The van der Waals surface area contributed by atoms with E-state index in [2.05, 4.69) is 15.0 Å². The molecule has 0 spiro atoms. The lowest BCUT2D eigenvalue weighted by Gasteiger charge is -2.03. The van der Waals surface area contributed by atoms with Gasteiger partial charge >= 0.3 is 0 Å². The second-order valence-corrected chi connectivity index (χ2v) is 4.71. The van der Waals surface area contributed by atoms with E-state index in [1.807, 2.05) is 11.6 Å². The number of imidazole rings is 1. The van der Waals surface area contributed by atoms with E-state index in [9.17, 15) is 4.79 Å². The molecule has 1 aliphatic rings. The number of hydrogen-bond donors (Lipinski definition) is 1. The van der Waals surface area contributed by atoms with Gasteiger partial charge in [0.15, 0.2) is 5.82 Å². The zero-order valence-electron chi connectivity index (χ0n) is 8.73. The average molecular weight is 234 g/mol. The van der Waals surface area contributed by atoms with Crippen LogP contribution in [0.5, 0.6) is 0 Å². The molecule has 0 aliphatic carbocycles. The Labute approximate surface area is 95.9 Å². The molecule has 2 aromatic rings. The van der Waals surface area contributed by atoms with E-state index < -0.39 is 0 Å². The maximum atomic E-state index is 11.8. The van der Waals surface area contributed by atoms with Gasteiger partial charge in [0.2, 0.25) is 0 Å². The van der Waals surface area contributed by atoms with Gasteiger partial charge in [-0.15, -0.1) is 0 Å². The Morgan fingerprint density at radius 3 is 3.12 bits per heavy atom. The quantitative estimate of drug-likeness (QED) is 0.797. The molecule has 1 N–H and O–H groups in total. The highest BCUT2D eigenvalue weighted by Crippen LogP contribution is 2.26. The van der Waals surface area contributed by atoms with Crippen molar-refractivity contribution in [1.82, 2.24) is 19.5 Å². The highest BCUT2D eigenvalue weighted by molar-refractivity contribution is 7.98. The molecule has 16 heavy (non-hydrogen) atoms. The van der Waals surface area contributed by atoms with Crippen molar-refractivity contribution in [3.05, 3.63) is 34.1 Å². The summed E-state index contributed by atoms with van der Waals surface area (Å²) in [6, 6.07) is 0. The van der Waals surface area contributed by atoms with Gasteiger partial charge in [0.1, 0.15) is 5.69 Å². The third-order valence-corrected chi connectivity index (χ3v) is 3.62. The Hall–Kier alpha value is -1.56. The molecule has 0 amide bonds. The second kappa shape index (κ2) is 3.48. The number of hydrogen-bond acceptors (Lipinski definition) is 4. The van der Waals surface area contributed by atoms with E-state index in [-0.39, 0.29) is 5.56 Å². The first-order valence-corrected chi connectivity index (χ1v) is 6.07. The lowest BCUT2D eigenvalue weighted by molar-refractivity contribution is 0.899. The van der Waals surface area contributed by atoms with Crippen LogP contribution in [-0.2, 0) is 18.6 Å². The molecule has 0 unspecified atom stereocenters. The molecule has 0 fully saturated rings. The molecule has 1 aliphatic heterocycles. The van der Waals surface area contributed by atoms with Crippen LogP contribution in [-0.4, -0.2) is 19.5 Å². The predicted molar refractivity (Wildman–Crippen MR) is 62.1 cm³/mol. The highest BCUT2D eigenvalue weighted by Gasteiger charge is 2.18. The van der Waals surface area contributed by atoms with Crippen LogP contribution in [0.25, 0.3) is 11.5 Å². The Morgan fingerprint density at radius 2 is 2.38 bits per heavy atom. The van der Waals surface area contributed by atoms with Gasteiger partial charge in [-0.25, -0.2) is 9.97 Å². The number of aromatic amines is 1. The number of H-pyrrole nitrogens is 1. The van der Waals surface area contributed by atoms with Gasteiger partial charge < -0.3 is 9.55 Å². The lowest BCUT2D eigenvalue weighted by Crippen LogP contribution is -2.15. The van der Waals surface area contributed by atoms with Gasteiger partial charge in [-0.05, 0) is 0 Å². The summed E-state index contributed by atoms with van der Waals surface area (Å²) in [5.41, 5.74) is 2.53. The van der Waals surface area contributed by atoms with Gasteiger partial charge in [-0.1, -0.05) is 0 Å². The van der Waals surface area contributed by atoms with E-state index in [1.54, 1.807) is 24.3 Å². The van der Waals surface area contributed by atoms with Crippen LogP contribution in [0.2, 0.25) is 0 Å². The minimum Gasteiger partial charge on any atom is -0.331 e. The number of fused-ring (bicyclic) bond motifs is 1. The van der Waals surface area contributed by atoms with Crippen molar-refractivity contribution < 1.29 is 0 Å². The molecular formula is C10H10N4OS. The molecule has 5 nitrogen and oxygen atoms in total. The smallest absolute Gasteiger partial charge is 0.255 e. The number of thioether (sulfide) groups is 1. The van der Waals surface area contributed by atoms with E-state index in [0.717, 1.165) is 28.5 Å². The summed E-state index contributed by atoms with van der Waals surface area (Å²) in [6.45, 7) is 0. The Bertz CT molecular complexity index is 601. The van der Waals surface area contributed by atoms with Gasteiger partial charge in [0.25, 0.3) is 5.56 Å². The Morgan fingerprint density at radius 1 is 1.50 bits per heavy atom. The molecular weight excluding hydrogens is 224 g/mol. The molecule has 0 radical (unpaired) electrons. The molecule has 82 valence electrons. The van der Waals surface area contributed by atoms with Crippen molar-refractivity contribution in [3.63, 3.8) is 0 Å². The molecule has 0 bridgehead atoms. The van der Waals surface area contributed by atoms with Crippen LogP contribution in [0.4, 0.5) is 0 Å². The zero-order valence-corrected chi connectivity index (χ0v) is 9.54. The number of nitrogens with zero attached hydrogens (tertiary/aromatic N) is 3. The summed E-state index contributed by atoms with van der Waals surface area (Å²) in [7, 11) is 1.88.